The fraction of sp³-hybridized carbons (Fsp3) is 0.333. The summed E-state index contributed by atoms with van der Waals surface area (Å²) in [6.07, 6.45) is 6.98. The van der Waals surface area contributed by atoms with Gasteiger partial charge < -0.3 is 5.32 Å². The molecule has 6 heteroatoms. The van der Waals surface area contributed by atoms with Crippen molar-refractivity contribution in [2.45, 2.75) is 25.3 Å². The normalized spacial score (nSPS) is 18.7. The van der Waals surface area contributed by atoms with Gasteiger partial charge in [0.1, 0.15) is 5.69 Å². The molecule has 1 aliphatic rings. The molecule has 0 bridgehead atoms. The highest BCUT2D eigenvalue weighted by Gasteiger charge is 2.19. The fourth-order valence-corrected chi connectivity index (χ4v) is 2.27. The maximum absolute atomic E-state index is 11.0. The van der Waals surface area contributed by atoms with E-state index in [2.05, 4.69) is 17.5 Å². The first-order valence-electron chi connectivity index (χ1n) is 5.63. The molecule has 1 aromatic rings. The molecule has 0 aromatic heterocycles. The van der Waals surface area contributed by atoms with E-state index in [0.29, 0.717) is 10.7 Å². The molecule has 96 valence electrons. The fourth-order valence-electron chi connectivity index (χ4n) is 1.95. The Hall–Kier alpha value is -1.26. The Kier molecular flexibility index (Phi) is 4.09. The van der Waals surface area contributed by atoms with Gasteiger partial charge in [0.2, 0.25) is 0 Å². The van der Waals surface area contributed by atoms with Crippen molar-refractivity contribution in [3.63, 3.8) is 0 Å². The quantitative estimate of drug-likeness (QED) is 0.508. The van der Waals surface area contributed by atoms with E-state index in [1.165, 1.54) is 12.1 Å². The molecule has 0 fully saturated rings. The summed E-state index contributed by atoms with van der Waals surface area (Å²) >= 11 is 11.7. The van der Waals surface area contributed by atoms with E-state index in [4.69, 9.17) is 23.2 Å². The van der Waals surface area contributed by atoms with E-state index >= 15 is 0 Å². The van der Waals surface area contributed by atoms with Gasteiger partial charge in [-0.05, 0) is 25.3 Å². The number of nitro groups is 1. The van der Waals surface area contributed by atoms with Gasteiger partial charge in [-0.2, -0.15) is 0 Å². The smallest absolute Gasteiger partial charge is 0.293 e. The van der Waals surface area contributed by atoms with Crippen molar-refractivity contribution in [1.82, 2.24) is 0 Å². The number of halogens is 2. The minimum atomic E-state index is -0.455. The first-order valence-corrected chi connectivity index (χ1v) is 6.38. The molecular weight excluding hydrogens is 275 g/mol. The predicted octanol–water partition coefficient (Wildman–Crippen LogP) is 4.42. The topological polar surface area (TPSA) is 55.2 Å². The zero-order chi connectivity index (χ0) is 13.1. The molecular formula is C12H12Cl2N2O2. The summed E-state index contributed by atoms with van der Waals surface area (Å²) in [6.45, 7) is 0. The summed E-state index contributed by atoms with van der Waals surface area (Å²) in [5, 5.41) is 14.6. The largest absolute Gasteiger partial charge is 0.376 e. The Labute approximate surface area is 115 Å². The average Bonchev–Trinajstić information content (AvgIpc) is 2.34. The lowest BCUT2D eigenvalue weighted by molar-refractivity contribution is -0.384. The van der Waals surface area contributed by atoms with E-state index < -0.39 is 4.92 Å². The molecule has 0 saturated carbocycles. The Morgan fingerprint density at radius 1 is 1.28 bits per heavy atom. The van der Waals surface area contributed by atoms with Crippen molar-refractivity contribution >= 4 is 34.6 Å². The maximum Gasteiger partial charge on any atom is 0.293 e. The van der Waals surface area contributed by atoms with Gasteiger partial charge in [-0.3, -0.25) is 10.1 Å². The third kappa shape index (κ3) is 2.94. The van der Waals surface area contributed by atoms with Gasteiger partial charge in [0.05, 0.1) is 15.0 Å². The SMILES string of the molecule is O=[N+]([O-])c1cc(Cl)c(Cl)cc1NC1CC=CCC1. The van der Waals surface area contributed by atoms with Crippen LogP contribution in [-0.2, 0) is 0 Å². The van der Waals surface area contributed by atoms with E-state index in [-0.39, 0.29) is 16.8 Å². The average molecular weight is 287 g/mol. The summed E-state index contributed by atoms with van der Waals surface area (Å²) in [7, 11) is 0. The highest BCUT2D eigenvalue weighted by Crippen LogP contribution is 2.35. The molecule has 1 aliphatic carbocycles. The first kappa shape index (κ1) is 13.2. The second kappa shape index (κ2) is 5.59. The van der Waals surface area contributed by atoms with Crippen LogP contribution in [0.4, 0.5) is 11.4 Å². The van der Waals surface area contributed by atoms with Crippen LogP contribution >= 0.6 is 23.2 Å². The van der Waals surface area contributed by atoms with Gasteiger partial charge in [0.15, 0.2) is 0 Å². The number of benzene rings is 1. The van der Waals surface area contributed by atoms with Crippen LogP contribution in [0.1, 0.15) is 19.3 Å². The van der Waals surface area contributed by atoms with Crippen LogP contribution in [0.25, 0.3) is 0 Å². The van der Waals surface area contributed by atoms with Crippen LogP contribution in [0.2, 0.25) is 10.0 Å². The van der Waals surface area contributed by atoms with Crippen molar-refractivity contribution in [2.75, 3.05) is 5.32 Å². The van der Waals surface area contributed by atoms with E-state index in [0.717, 1.165) is 19.3 Å². The molecule has 0 heterocycles. The molecule has 0 amide bonds. The van der Waals surface area contributed by atoms with Crippen molar-refractivity contribution in [3.8, 4) is 0 Å². The predicted molar refractivity (Wildman–Crippen MR) is 73.5 cm³/mol. The Balaban J connectivity index is 2.27. The van der Waals surface area contributed by atoms with E-state index in [1.54, 1.807) is 0 Å². The number of hydrogen-bond acceptors (Lipinski definition) is 3. The second-order valence-corrected chi connectivity index (χ2v) is 4.98. The van der Waals surface area contributed by atoms with Crippen LogP contribution in [0, 0.1) is 10.1 Å². The highest BCUT2D eigenvalue weighted by atomic mass is 35.5. The lowest BCUT2D eigenvalue weighted by Crippen LogP contribution is -2.20. The third-order valence-electron chi connectivity index (χ3n) is 2.86. The first-order chi connectivity index (χ1) is 8.58. The molecule has 1 N–H and O–H groups in total. The maximum atomic E-state index is 11.0. The molecule has 1 aromatic carbocycles. The minimum Gasteiger partial charge on any atom is -0.376 e. The van der Waals surface area contributed by atoms with Crippen LogP contribution < -0.4 is 5.32 Å². The lowest BCUT2D eigenvalue weighted by atomic mass is 10.0. The molecule has 0 radical (unpaired) electrons. The van der Waals surface area contributed by atoms with Gasteiger partial charge in [0.25, 0.3) is 5.69 Å². The van der Waals surface area contributed by atoms with Gasteiger partial charge in [-0.1, -0.05) is 35.4 Å². The molecule has 0 saturated heterocycles. The number of hydrogen-bond donors (Lipinski definition) is 1. The number of nitrogens with one attached hydrogen (secondary N) is 1. The van der Waals surface area contributed by atoms with Crippen molar-refractivity contribution in [2.24, 2.45) is 0 Å². The van der Waals surface area contributed by atoms with Crippen molar-refractivity contribution in [3.05, 3.63) is 44.4 Å². The summed E-state index contributed by atoms with van der Waals surface area (Å²) < 4.78 is 0. The molecule has 1 unspecified atom stereocenters. The standard InChI is InChI=1S/C12H12Cl2N2O2/c13-9-6-11(12(16(17)18)7-10(9)14)15-8-4-2-1-3-5-8/h1-2,6-8,15H,3-5H2. The monoisotopic (exact) mass is 286 g/mol. The number of nitro benzene ring substituents is 1. The summed E-state index contributed by atoms with van der Waals surface area (Å²) in [5.74, 6) is 0. The molecule has 18 heavy (non-hydrogen) atoms. The lowest BCUT2D eigenvalue weighted by Gasteiger charge is -2.20. The van der Waals surface area contributed by atoms with Crippen LogP contribution in [0.15, 0.2) is 24.3 Å². The Morgan fingerprint density at radius 3 is 2.61 bits per heavy atom. The minimum absolute atomic E-state index is 0.0426. The second-order valence-electron chi connectivity index (χ2n) is 4.17. The zero-order valence-electron chi connectivity index (χ0n) is 9.53. The van der Waals surface area contributed by atoms with Gasteiger partial charge >= 0.3 is 0 Å². The van der Waals surface area contributed by atoms with Crippen molar-refractivity contribution in [1.29, 1.82) is 0 Å². The van der Waals surface area contributed by atoms with E-state index in [9.17, 15) is 10.1 Å². The molecule has 4 nitrogen and oxygen atoms in total. The van der Waals surface area contributed by atoms with Gasteiger partial charge in [-0.15, -0.1) is 0 Å². The molecule has 2 rings (SSSR count). The van der Waals surface area contributed by atoms with E-state index in [1.807, 2.05) is 0 Å². The van der Waals surface area contributed by atoms with Gasteiger partial charge in [0, 0.05) is 12.1 Å². The van der Waals surface area contributed by atoms with Crippen molar-refractivity contribution < 1.29 is 4.92 Å². The highest BCUT2D eigenvalue weighted by molar-refractivity contribution is 6.42. The summed E-state index contributed by atoms with van der Waals surface area (Å²) in [6, 6.07) is 3.00. The van der Waals surface area contributed by atoms with Crippen LogP contribution in [0.5, 0.6) is 0 Å². The number of anilines is 1. The number of allylic oxidation sites excluding steroid dienone is 1. The van der Waals surface area contributed by atoms with Crippen LogP contribution in [0.3, 0.4) is 0 Å². The summed E-state index contributed by atoms with van der Waals surface area (Å²) in [4.78, 5) is 10.5. The molecule has 0 spiro atoms. The molecule has 1 atom stereocenters. The van der Waals surface area contributed by atoms with Crippen LogP contribution in [-0.4, -0.2) is 11.0 Å². The Morgan fingerprint density at radius 2 is 2.00 bits per heavy atom. The number of rotatable bonds is 3. The Bertz CT molecular complexity index is 503. The zero-order valence-corrected chi connectivity index (χ0v) is 11.0. The third-order valence-corrected chi connectivity index (χ3v) is 3.59. The number of nitrogens with zero attached hydrogens (tertiary/aromatic N) is 1. The molecule has 0 aliphatic heterocycles. The van der Waals surface area contributed by atoms with Gasteiger partial charge in [-0.25, -0.2) is 0 Å². The summed E-state index contributed by atoms with van der Waals surface area (Å²) in [5.41, 5.74) is 0.383.